The van der Waals surface area contributed by atoms with Crippen molar-refractivity contribution in [2.45, 2.75) is 24.9 Å². The fraction of sp³-hybridized carbons (Fsp3) is 0.211. The fourth-order valence-electron chi connectivity index (χ4n) is 3.00. The highest BCUT2D eigenvalue weighted by Gasteiger charge is 2.32. The van der Waals surface area contributed by atoms with E-state index >= 15 is 0 Å². The second kappa shape index (κ2) is 6.43. The molecule has 1 atom stereocenters. The van der Waals surface area contributed by atoms with Gasteiger partial charge in [-0.05, 0) is 57.4 Å². The number of hydrogen-bond acceptors (Lipinski definition) is 2. The van der Waals surface area contributed by atoms with Gasteiger partial charge in [0, 0.05) is 0 Å². The number of hydrogen-bond donors (Lipinski definition) is 1. The molecule has 0 fully saturated rings. The molecule has 0 amide bonds. The van der Waals surface area contributed by atoms with Gasteiger partial charge >= 0.3 is 12.4 Å². The molecule has 0 aliphatic heterocycles. The van der Waals surface area contributed by atoms with Crippen molar-refractivity contribution in [1.29, 1.82) is 5.26 Å². The van der Waals surface area contributed by atoms with Crippen LogP contribution in [0.25, 0.3) is 21.5 Å². The van der Waals surface area contributed by atoms with Crippen LogP contribution in [0.4, 0.5) is 26.3 Å². The van der Waals surface area contributed by atoms with Gasteiger partial charge in [-0.2, -0.15) is 31.6 Å². The van der Waals surface area contributed by atoms with Crippen molar-refractivity contribution in [2.75, 3.05) is 0 Å². The van der Waals surface area contributed by atoms with E-state index in [0.29, 0.717) is 0 Å². The maximum absolute atomic E-state index is 13.1. The van der Waals surface area contributed by atoms with Crippen LogP contribution in [0, 0.1) is 11.3 Å². The molecule has 3 rings (SSSR count). The standard InChI is InChI=1S/C19H11F6NO/c20-18(21,22)11-2-1-10-7-16(17(27)5-6-26)13-4-3-12(19(23,24)25)9-15(13)14(10)8-11/h1-4,7-9,17,27H,5H2. The molecule has 140 valence electrons. The second-order valence-electron chi connectivity index (χ2n) is 6.04. The van der Waals surface area contributed by atoms with E-state index in [1.807, 2.05) is 0 Å². The molecule has 0 radical (unpaired) electrons. The quantitative estimate of drug-likeness (QED) is 0.437. The molecule has 27 heavy (non-hydrogen) atoms. The molecule has 0 aromatic heterocycles. The number of halogens is 6. The average Bonchev–Trinajstić information content (AvgIpc) is 2.58. The zero-order chi connectivity index (χ0) is 20.0. The summed E-state index contributed by atoms with van der Waals surface area (Å²) in [5, 5.41) is 19.3. The van der Waals surface area contributed by atoms with Crippen LogP contribution >= 0.6 is 0 Å². The number of aliphatic hydroxyl groups excluding tert-OH is 1. The summed E-state index contributed by atoms with van der Waals surface area (Å²) in [6, 6.07) is 8.58. The predicted molar refractivity (Wildman–Crippen MR) is 86.6 cm³/mol. The first-order valence-electron chi connectivity index (χ1n) is 7.72. The van der Waals surface area contributed by atoms with Crippen molar-refractivity contribution in [1.82, 2.24) is 0 Å². The number of alkyl halides is 6. The first-order chi connectivity index (χ1) is 12.5. The Balaban J connectivity index is 2.42. The van der Waals surface area contributed by atoms with Crippen LogP contribution in [-0.4, -0.2) is 5.11 Å². The Kier molecular flexibility index (Phi) is 4.52. The zero-order valence-corrected chi connectivity index (χ0v) is 13.5. The monoisotopic (exact) mass is 383 g/mol. The topological polar surface area (TPSA) is 44.0 Å². The van der Waals surface area contributed by atoms with Crippen LogP contribution in [-0.2, 0) is 12.4 Å². The van der Waals surface area contributed by atoms with Gasteiger partial charge in [0.25, 0.3) is 0 Å². The smallest absolute Gasteiger partial charge is 0.387 e. The lowest BCUT2D eigenvalue weighted by atomic mass is 9.91. The molecule has 8 heteroatoms. The van der Waals surface area contributed by atoms with E-state index in [9.17, 15) is 31.4 Å². The minimum absolute atomic E-state index is 0.0150. The van der Waals surface area contributed by atoms with Crippen molar-refractivity contribution in [3.63, 3.8) is 0 Å². The summed E-state index contributed by atoms with van der Waals surface area (Å²) >= 11 is 0. The Hall–Kier alpha value is -2.79. The lowest BCUT2D eigenvalue weighted by Gasteiger charge is -2.17. The molecule has 3 aromatic rings. The van der Waals surface area contributed by atoms with Gasteiger partial charge in [-0.25, -0.2) is 0 Å². The second-order valence-corrected chi connectivity index (χ2v) is 6.04. The number of rotatable bonds is 2. The molecule has 0 saturated carbocycles. The number of fused-ring (bicyclic) bond motifs is 3. The molecule has 0 spiro atoms. The first-order valence-corrected chi connectivity index (χ1v) is 7.72. The molecule has 1 unspecified atom stereocenters. The molecule has 0 aliphatic carbocycles. The van der Waals surface area contributed by atoms with Gasteiger partial charge in [-0.1, -0.05) is 12.1 Å². The zero-order valence-electron chi connectivity index (χ0n) is 13.5. The summed E-state index contributed by atoms with van der Waals surface area (Å²) in [4.78, 5) is 0. The Morgan fingerprint density at radius 3 is 1.93 bits per heavy atom. The summed E-state index contributed by atoms with van der Waals surface area (Å²) in [5.74, 6) is 0. The Labute approximate surface area is 149 Å². The van der Waals surface area contributed by atoms with Crippen molar-refractivity contribution in [3.8, 4) is 6.07 Å². The lowest BCUT2D eigenvalue weighted by molar-refractivity contribution is -0.138. The molecular formula is C19H11F6NO. The van der Waals surface area contributed by atoms with Crippen LogP contribution in [0.5, 0.6) is 0 Å². The van der Waals surface area contributed by atoms with Gasteiger partial charge < -0.3 is 5.11 Å². The SMILES string of the molecule is N#CCC(O)c1cc2ccc(C(F)(F)F)cc2c2cc(C(F)(F)F)ccc12. The van der Waals surface area contributed by atoms with E-state index in [1.54, 1.807) is 6.07 Å². The van der Waals surface area contributed by atoms with Gasteiger partial charge in [0.15, 0.2) is 0 Å². The number of aliphatic hydroxyl groups is 1. The summed E-state index contributed by atoms with van der Waals surface area (Å²) in [6.07, 6.45) is -10.9. The molecule has 0 aliphatic rings. The predicted octanol–water partition coefficient (Wildman–Crippen LogP) is 5.98. The van der Waals surface area contributed by atoms with Crippen LogP contribution in [0.3, 0.4) is 0 Å². The molecular weight excluding hydrogens is 372 g/mol. The first kappa shape index (κ1) is 19.0. The number of benzene rings is 3. The van der Waals surface area contributed by atoms with Gasteiger partial charge in [-0.15, -0.1) is 0 Å². The van der Waals surface area contributed by atoms with Crippen molar-refractivity contribution in [2.24, 2.45) is 0 Å². The maximum Gasteiger partial charge on any atom is 0.416 e. The lowest BCUT2D eigenvalue weighted by Crippen LogP contribution is -2.06. The highest BCUT2D eigenvalue weighted by atomic mass is 19.4. The van der Waals surface area contributed by atoms with E-state index in [-0.39, 0.29) is 33.5 Å². The summed E-state index contributed by atoms with van der Waals surface area (Å²) in [7, 11) is 0. The van der Waals surface area contributed by atoms with E-state index < -0.39 is 29.6 Å². The fourth-order valence-corrected chi connectivity index (χ4v) is 3.00. The van der Waals surface area contributed by atoms with Gasteiger partial charge in [0.05, 0.1) is 29.7 Å². The van der Waals surface area contributed by atoms with E-state index in [0.717, 1.165) is 36.4 Å². The number of nitrogens with zero attached hydrogens (tertiary/aromatic N) is 1. The highest BCUT2D eigenvalue weighted by molar-refractivity contribution is 6.09. The summed E-state index contributed by atoms with van der Waals surface area (Å²) in [5.41, 5.74) is -1.81. The molecule has 3 aromatic carbocycles. The van der Waals surface area contributed by atoms with Gasteiger partial charge in [-0.3, -0.25) is 0 Å². The molecule has 2 nitrogen and oxygen atoms in total. The van der Waals surface area contributed by atoms with Gasteiger partial charge in [0.2, 0.25) is 0 Å². The van der Waals surface area contributed by atoms with E-state index in [4.69, 9.17) is 5.26 Å². The third-order valence-corrected chi connectivity index (χ3v) is 4.28. The third kappa shape index (κ3) is 3.55. The molecule has 1 N–H and O–H groups in total. The molecule has 0 bridgehead atoms. The van der Waals surface area contributed by atoms with Crippen molar-refractivity contribution in [3.05, 3.63) is 59.2 Å². The minimum Gasteiger partial charge on any atom is -0.387 e. The van der Waals surface area contributed by atoms with Crippen molar-refractivity contribution >= 4 is 21.5 Å². The van der Waals surface area contributed by atoms with E-state index in [2.05, 4.69) is 0 Å². The Bertz CT molecular complexity index is 1060. The van der Waals surface area contributed by atoms with Crippen LogP contribution in [0.15, 0.2) is 42.5 Å². The average molecular weight is 383 g/mol. The normalized spacial score (nSPS) is 13.7. The Morgan fingerprint density at radius 1 is 0.815 bits per heavy atom. The van der Waals surface area contributed by atoms with E-state index in [1.165, 1.54) is 6.07 Å². The molecule has 0 saturated heterocycles. The Morgan fingerprint density at radius 2 is 1.37 bits per heavy atom. The van der Waals surface area contributed by atoms with Crippen molar-refractivity contribution < 1.29 is 31.4 Å². The summed E-state index contributed by atoms with van der Waals surface area (Å²) < 4.78 is 78.4. The van der Waals surface area contributed by atoms with Gasteiger partial charge in [0.1, 0.15) is 0 Å². The van der Waals surface area contributed by atoms with Crippen LogP contribution in [0.1, 0.15) is 29.2 Å². The molecule has 0 heterocycles. The van der Waals surface area contributed by atoms with Crippen LogP contribution < -0.4 is 0 Å². The summed E-state index contributed by atoms with van der Waals surface area (Å²) in [6.45, 7) is 0. The largest absolute Gasteiger partial charge is 0.416 e. The van der Waals surface area contributed by atoms with Crippen LogP contribution in [0.2, 0.25) is 0 Å². The minimum atomic E-state index is -4.68. The third-order valence-electron chi connectivity index (χ3n) is 4.28. The maximum atomic E-state index is 13.1. The highest BCUT2D eigenvalue weighted by Crippen LogP contribution is 2.39. The number of nitriles is 1.